The molecule has 0 radical (unpaired) electrons. The highest BCUT2D eigenvalue weighted by Gasteiger charge is 2.29. The number of carbonyl (C=O) groups is 1. The Morgan fingerprint density at radius 3 is 2.66 bits per heavy atom. The number of aliphatic hydroxyl groups excluding tert-OH is 1. The van der Waals surface area contributed by atoms with Crippen LogP contribution in [0, 0.1) is 0 Å². The lowest BCUT2D eigenvalue weighted by atomic mass is 10.1. The van der Waals surface area contributed by atoms with Gasteiger partial charge in [-0.25, -0.2) is 9.97 Å². The van der Waals surface area contributed by atoms with Gasteiger partial charge in [-0.2, -0.15) is 0 Å². The molecule has 2 aromatic carbocycles. The SMILES string of the molecule is CN(C)CCCOc1cnc(-c2cccc(CN3C(=O)Cc4cccc(CO)c43)c2)nc1. The third kappa shape index (κ3) is 4.95. The van der Waals surface area contributed by atoms with E-state index in [-0.39, 0.29) is 12.5 Å². The molecule has 0 spiro atoms. The summed E-state index contributed by atoms with van der Waals surface area (Å²) in [4.78, 5) is 25.4. The number of hydrogen-bond donors (Lipinski definition) is 1. The number of aromatic nitrogens is 2. The van der Waals surface area contributed by atoms with Crippen molar-refractivity contribution >= 4 is 11.6 Å². The Hall–Kier alpha value is -3.29. The van der Waals surface area contributed by atoms with Crippen LogP contribution < -0.4 is 9.64 Å². The van der Waals surface area contributed by atoms with Crippen molar-refractivity contribution in [1.29, 1.82) is 0 Å². The third-order valence-electron chi connectivity index (χ3n) is 5.46. The molecule has 0 unspecified atom stereocenters. The number of hydrogen-bond acceptors (Lipinski definition) is 6. The predicted molar refractivity (Wildman–Crippen MR) is 123 cm³/mol. The van der Waals surface area contributed by atoms with Crippen LogP contribution in [-0.4, -0.2) is 53.1 Å². The van der Waals surface area contributed by atoms with E-state index in [1.54, 1.807) is 17.3 Å². The van der Waals surface area contributed by atoms with Gasteiger partial charge in [0, 0.05) is 17.7 Å². The fraction of sp³-hybridized carbons (Fsp3) is 0.320. The van der Waals surface area contributed by atoms with Gasteiger partial charge in [-0.05, 0) is 37.7 Å². The molecule has 0 saturated heterocycles. The number of ether oxygens (including phenoxy) is 1. The molecule has 2 heterocycles. The van der Waals surface area contributed by atoms with E-state index in [4.69, 9.17) is 4.74 Å². The number of amides is 1. The van der Waals surface area contributed by atoms with Crippen molar-refractivity contribution < 1.29 is 14.6 Å². The van der Waals surface area contributed by atoms with Gasteiger partial charge >= 0.3 is 0 Å². The van der Waals surface area contributed by atoms with E-state index in [1.807, 2.05) is 56.6 Å². The van der Waals surface area contributed by atoms with Gasteiger partial charge in [0.15, 0.2) is 11.6 Å². The number of benzene rings is 2. The Morgan fingerprint density at radius 1 is 1.12 bits per heavy atom. The first-order valence-corrected chi connectivity index (χ1v) is 10.8. The first-order chi connectivity index (χ1) is 15.5. The van der Waals surface area contributed by atoms with Crippen LogP contribution in [0.3, 0.4) is 0 Å². The lowest BCUT2D eigenvalue weighted by Crippen LogP contribution is -2.26. The summed E-state index contributed by atoms with van der Waals surface area (Å²) in [5, 5.41) is 9.71. The number of nitrogens with zero attached hydrogens (tertiary/aromatic N) is 4. The Morgan fingerprint density at radius 2 is 1.91 bits per heavy atom. The molecule has 7 heteroatoms. The molecule has 1 aromatic heterocycles. The van der Waals surface area contributed by atoms with Crippen molar-refractivity contribution in [3.05, 3.63) is 71.5 Å². The van der Waals surface area contributed by atoms with Crippen molar-refractivity contribution in [3.8, 4) is 17.1 Å². The Balaban J connectivity index is 1.46. The third-order valence-corrected chi connectivity index (χ3v) is 5.46. The molecule has 32 heavy (non-hydrogen) atoms. The van der Waals surface area contributed by atoms with Gasteiger partial charge < -0.3 is 19.6 Å². The summed E-state index contributed by atoms with van der Waals surface area (Å²) in [7, 11) is 4.08. The fourth-order valence-electron chi connectivity index (χ4n) is 3.91. The highest BCUT2D eigenvalue weighted by Crippen LogP contribution is 2.34. The maximum atomic E-state index is 12.6. The summed E-state index contributed by atoms with van der Waals surface area (Å²) >= 11 is 0. The van der Waals surface area contributed by atoms with Crippen molar-refractivity contribution in [2.45, 2.75) is 26.0 Å². The molecule has 4 rings (SSSR count). The van der Waals surface area contributed by atoms with Gasteiger partial charge in [0.25, 0.3) is 0 Å². The Labute approximate surface area is 188 Å². The molecule has 0 bridgehead atoms. The second-order valence-electron chi connectivity index (χ2n) is 8.19. The van der Waals surface area contributed by atoms with Gasteiger partial charge in [-0.15, -0.1) is 0 Å². The van der Waals surface area contributed by atoms with Crippen molar-refractivity contribution in [1.82, 2.24) is 14.9 Å². The van der Waals surface area contributed by atoms with Gasteiger partial charge in [0.1, 0.15) is 0 Å². The smallest absolute Gasteiger partial charge is 0.231 e. The minimum atomic E-state index is -0.0929. The summed E-state index contributed by atoms with van der Waals surface area (Å²) in [6, 6.07) is 13.6. The van der Waals surface area contributed by atoms with Crippen LogP contribution in [0.1, 0.15) is 23.1 Å². The van der Waals surface area contributed by atoms with Crippen LogP contribution in [-0.2, 0) is 24.4 Å². The molecule has 0 fully saturated rings. The van der Waals surface area contributed by atoms with Gasteiger partial charge in [0.2, 0.25) is 5.91 Å². The van der Waals surface area contributed by atoms with Crippen molar-refractivity contribution in [2.24, 2.45) is 0 Å². The molecule has 0 saturated carbocycles. The molecule has 0 atom stereocenters. The van der Waals surface area contributed by atoms with Gasteiger partial charge in [-0.3, -0.25) is 4.79 Å². The highest BCUT2D eigenvalue weighted by atomic mass is 16.5. The summed E-state index contributed by atoms with van der Waals surface area (Å²) in [5.41, 5.74) is 4.42. The molecule has 1 aliphatic rings. The predicted octanol–water partition coefficient (Wildman–Crippen LogP) is 3.06. The molecular weight excluding hydrogens is 404 g/mol. The molecule has 1 aliphatic heterocycles. The number of fused-ring (bicyclic) bond motifs is 1. The molecule has 3 aromatic rings. The number of anilines is 1. The van der Waals surface area contributed by atoms with E-state index in [1.165, 1.54) is 0 Å². The van der Waals surface area contributed by atoms with E-state index in [9.17, 15) is 9.90 Å². The Kier molecular flexibility index (Phi) is 6.78. The number of carbonyl (C=O) groups excluding carboxylic acids is 1. The molecule has 166 valence electrons. The minimum Gasteiger partial charge on any atom is -0.490 e. The van der Waals surface area contributed by atoms with Gasteiger partial charge in [-0.1, -0.05) is 36.4 Å². The highest BCUT2D eigenvalue weighted by molar-refractivity contribution is 6.02. The van der Waals surface area contributed by atoms with Crippen LogP contribution in [0.2, 0.25) is 0 Å². The average molecular weight is 433 g/mol. The minimum absolute atomic E-state index is 0.0401. The molecular formula is C25H28N4O3. The summed E-state index contributed by atoms with van der Waals surface area (Å²) in [6.07, 6.45) is 4.69. The normalized spacial score (nSPS) is 13.0. The zero-order chi connectivity index (χ0) is 22.5. The quantitative estimate of drug-likeness (QED) is 0.524. The number of aliphatic hydroxyl groups is 1. The van der Waals surface area contributed by atoms with Gasteiger partial charge in [0.05, 0.1) is 44.3 Å². The zero-order valence-electron chi connectivity index (χ0n) is 18.5. The van der Waals surface area contributed by atoms with E-state index in [2.05, 4.69) is 14.9 Å². The lowest BCUT2D eigenvalue weighted by molar-refractivity contribution is -0.117. The molecule has 1 N–H and O–H groups in total. The Bertz CT molecular complexity index is 1080. The molecule has 0 aliphatic carbocycles. The summed E-state index contributed by atoms with van der Waals surface area (Å²) in [5.74, 6) is 1.30. The first kappa shape index (κ1) is 21.9. The first-order valence-electron chi connectivity index (χ1n) is 10.8. The lowest BCUT2D eigenvalue weighted by Gasteiger charge is -2.20. The van der Waals surface area contributed by atoms with E-state index in [0.29, 0.717) is 31.1 Å². The standard InChI is InChI=1S/C25H28N4O3/c1-28(2)10-5-11-32-22-14-26-25(27-15-22)20-8-3-6-18(12-20)16-29-23(31)13-19-7-4-9-21(17-30)24(19)29/h3-4,6-9,12,14-15,30H,5,10-11,13,16-17H2,1-2H3. The van der Waals surface area contributed by atoms with Crippen LogP contribution >= 0.6 is 0 Å². The second kappa shape index (κ2) is 9.89. The van der Waals surface area contributed by atoms with Crippen molar-refractivity contribution in [3.63, 3.8) is 0 Å². The maximum absolute atomic E-state index is 12.6. The molecule has 7 nitrogen and oxygen atoms in total. The fourth-order valence-corrected chi connectivity index (χ4v) is 3.91. The van der Waals surface area contributed by atoms with Crippen LogP contribution in [0.25, 0.3) is 11.4 Å². The number of para-hydroxylation sites is 1. The van der Waals surface area contributed by atoms with Crippen LogP contribution in [0.15, 0.2) is 54.9 Å². The summed E-state index contributed by atoms with van der Waals surface area (Å²) in [6.45, 7) is 1.93. The molecule has 1 amide bonds. The van der Waals surface area contributed by atoms with Crippen LogP contribution in [0.5, 0.6) is 5.75 Å². The van der Waals surface area contributed by atoms with Crippen molar-refractivity contribution in [2.75, 3.05) is 32.1 Å². The number of rotatable bonds is 9. The zero-order valence-corrected chi connectivity index (χ0v) is 18.5. The largest absolute Gasteiger partial charge is 0.490 e. The van der Waals surface area contributed by atoms with Crippen LogP contribution in [0.4, 0.5) is 5.69 Å². The topological polar surface area (TPSA) is 78.8 Å². The van der Waals surface area contributed by atoms with E-state index >= 15 is 0 Å². The van der Waals surface area contributed by atoms with E-state index in [0.717, 1.165) is 40.9 Å². The summed E-state index contributed by atoms with van der Waals surface area (Å²) < 4.78 is 5.71. The monoisotopic (exact) mass is 432 g/mol. The van der Waals surface area contributed by atoms with E-state index < -0.39 is 0 Å². The second-order valence-corrected chi connectivity index (χ2v) is 8.19. The maximum Gasteiger partial charge on any atom is 0.231 e. The average Bonchev–Trinajstić information content (AvgIpc) is 3.12.